The minimum atomic E-state index is -0.900. The van der Waals surface area contributed by atoms with Gasteiger partial charge in [-0.1, -0.05) is 43.9 Å². The lowest BCUT2D eigenvalue weighted by Gasteiger charge is -2.18. The Morgan fingerprint density at radius 2 is 1.95 bits per heavy atom. The van der Waals surface area contributed by atoms with Gasteiger partial charge in [-0.2, -0.15) is 0 Å². The van der Waals surface area contributed by atoms with E-state index >= 15 is 0 Å². The zero-order valence-corrected chi connectivity index (χ0v) is 12.6. The molecule has 0 heterocycles. The van der Waals surface area contributed by atoms with Crippen molar-refractivity contribution < 1.29 is 9.18 Å². The van der Waals surface area contributed by atoms with E-state index in [2.05, 4.69) is 6.92 Å². The molecular weight excluding hydrogens is 259 g/mol. The van der Waals surface area contributed by atoms with Crippen LogP contribution in [0.3, 0.4) is 0 Å². The number of rotatable bonds is 9. The fraction of sp³-hybridized carbons (Fsp3) is 0.562. The molecule has 3 heteroatoms. The van der Waals surface area contributed by atoms with Crippen LogP contribution >= 0.6 is 11.8 Å². The minimum absolute atomic E-state index is 0.253. The summed E-state index contributed by atoms with van der Waals surface area (Å²) < 4.78 is 14.2. The first kappa shape index (κ1) is 16.2. The second-order valence-corrected chi connectivity index (χ2v) is 6.20. The van der Waals surface area contributed by atoms with Crippen LogP contribution in [0.25, 0.3) is 0 Å². The molecule has 0 N–H and O–H groups in total. The van der Waals surface area contributed by atoms with Gasteiger partial charge in [0, 0.05) is 16.6 Å². The summed E-state index contributed by atoms with van der Waals surface area (Å²) in [4.78, 5) is 11.8. The number of halogens is 1. The van der Waals surface area contributed by atoms with Crippen LogP contribution in [0.5, 0.6) is 0 Å². The number of unbranched alkanes of at least 4 members (excludes halogenated alkanes) is 2. The van der Waals surface area contributed by atoms with Crippen molar-refractivity contribution in [1.29, 1.82) is 0 Å². The lowest BCUT2D eigenvalue weighted by molar-refractivity contribution is -0.108. The molecule has 1 nitrogen and oxygen atoms in total. The van der Waals surface area contributed by atoms with Crippen LogP contribution in [0.1, 0.15) is 44.6 Å². The van der Waals surface area contributed by atoms with Crippen molar-refractivity contribution in [3.63, 3.8) is 0 Å². The van der Waals surface area contributed by atoms with E-state index < -0.39 is 6.17 Å². The van der Waals surface area contributed by atoms with Gasteiger partial charge in [-0.05, 0) is 25.5 Å². The van der Waals surface area contributed by atoms with Crippen molar-refractivity contribution in [1.82, 2.24) is 0 Å². The van der Waals surface area contributed by atoms with E-state index in [0.29, 0.717) is 6.42 Å². The molecule has 2 atom stereocenters. The zero-order valence-electron chi connectivity index (χ0n) is 11.8. The Hall–Kier alpha value is -0.830. The summed E-state index contributed by atoms with van der Waals surface area (Å²) in [6, 6.07) is 8.03. The molecule has 106 valence electrons. The molecule has 19 heavy (non-hydrogen) atoms. The molecule has 0 aromatic heterocycles. The highest BCUT2D eigenvalue weighted by Crippen LogP contribution is 2.30. The van der Waals surface area contributed by atoms with Crippen molar-refractivity contribution in [2.24, 2.45) is 0 Å². The summed E-state index contributed by atoms with van der Waals surface area (Å²) in [6.45, 7) is 4.14. The molecule has 1 rings (SSSR count). The van der Waals surface area contributed by atoms with Crippen LogP contribution < -0.4 is 0 Å². The van der Waals surface area contributed by atoms with Gasteiger partial charge in [0.2, 0.25) is 0 Å². The molecule has 0 aliphatic heterocycles. The number of alkyl halides is 1. The maximum Gasteiger partial charge on any atom is 0.121 e. The van der Waals surface area contributed by atoms with Gasteiger partial charge in [0.15, 0.2) is 0 Å². The molecule has 0 spiro atoms. The highest BCUT2D eigenvalue weighted by atomic mass is 32.2. The third-order valence-electron chi connectivity index (χ3n) is 3.12. The SMILES string of the molecule is CCCCCC(F)C(CC=O)Sc1ccc(C)cc1. The molecule has 0 amide bonds. The minimum Gasteiger partial charge on any atom is -0.303 e. The standard InChI is InChI=1S/C16H23FOS/c1-3-4-5-6-15(17)16(11-12-18)19-14-9-7-13(2)8-10-14/h7-10,12,15-16H,3-6,11H2,1-2H3. The molecule has 2 unspecified atom stereocenters. The first-order valence-electron chi connectivity index (χ1n) is 6.98. The highest BCUT2D eigenvalue weighted by molar-refractivity contribution is 8.00. The van der Waals surface area contributed by atoms with E-state index in [1.165, 1.54) is 17.3 Å². The molecule has 1 aromatic carbocycles. The maximum absolute atomic E-state index is 14.2. The first-order chi connectivity index (χ1) is 9.17. The summed E-state index contributed by atoms with van der Waals surface area (Å²) in [6.07, 6.45) is 3.83. The quantitative estimate of drug-likeness (QED) is 0.361. The third kappa shape index (κ3) is 6.24. The van der Waals surface area contributed by atoms with Gasteiger partial charge >= 0.3 is 0 Å². The van der Waals surface area contributed by atoms with Crippen LogP contribution in [0, 0.1) is 6.92 Å². The topological polar surface area (TPSA) is 17.1 Å². The fourth-order valence-electron chi connectivity index (χ4n) is 1.93. The number of aldehydes is 1. The summed E-state index contributed by atoms with van der Waals surface area (Å²) in [7, 11) is 0. The molecule has 0 saturated heterocycles. The fourth-order valence-corrected chi connectivity index (χ4v) is 3.03. The number of aryl methyl sites for hydroxylation is 1. The average molecular weight is 282 g/mol. The Morgan fingerprint density at radius 3 is 2.53 bits per heavy atom. The predicted molar refractivity (Wildman–Crippen MR) is 80.5 cm³/mol. The lowest BCUT2D eigenvalue weighted by Crippen LogP contribution is -2.19. The number of benzene rings is 1. The van der Waals surface area contributed by atoms with Crippen LogP contribution in [0.2, 0.25) is 0 Å². The van der Waals surface area contributed by atoms with Crippen molar-refractivity contribution >= 4 is 18.0 Å². The van der Waals surface area contributed by atoms with Gasteiger partial charge in [0.05, 0.1) is 0 Å². The Kier molecular flexibility index (Phi) is 7.80. The predicted octanol–water partition coefficient (Wildman–Crippen LogP) is 4.96. The second kappa shape index (κ2) is 9.13. The Labute approximate surface area is 120 Å². The van der Waals surface area contributed by atoms with Gasteiger partial charge < -0.3 is 4.79 Å². The smallest absolute Gasteiger partial charge is 0.121 e. The number of hydrogen-bond acceptors (Lipinski definition) is 2. The number of carbonyl (C=O) groups excluding carboxylic acids is 1. The van der Waals surface area contributed by atoms with Gasteiger partial charge in [0.25, 0.3) is 0 Å². The third-order valence-corrected chi connectivity index (χ3v) is 4.46. The van der Waals surface area contributed by atoms with Gasteiger partial charge in [-0.15, -0.1) is 11.8 Å². The number of hydrogen-bond donors (Lipinski definition) is 0. The molecule has 0 aliphatic carbocycles. The molecule has 0 radical (unpaired) electrons. The molecule has 0 bridgehead atoms. The Bertz CT molecular complexity index is 364. The summed E-state index contributed by atoms with van der Waals surface area (Å²) in [5, 5.41) is -0.253. The summed E-state index contributed by atoms with van der Waals surface area (Å²) in [5.74, 6) is 0. The molecule has 0 fully saturated rings. The average Bonchev–Trinajstić information content (AvgIpc) is 2.41. The Balaban J connectivity index is 2.55. The Morgan fingerprint density at radius 1 is 1.26 bits per heavy atom. The zero-order chi connectivity index (χ0) is 14.1. The monoisotopic (exact) mass is 282 g/mol. The van der Waals surface area contributed by atoms with Crippen LogP contribution in [0.15, 0.2) is 29.2 Å². The first-order valence-corrected chi connectivity index (χ1v) is 7.86. The number of thioether (sulfide) groups is 1. The largest absolute Gasteiger partial charge is 0.303 e. The van der Waals surface area contributed by atoms with E-state index in [0.717, 1.165) is 30.4 Å². The van der Waals surface area contributed by atoms with E-state index in [1.54, 1.807) is 0 Å². The molecule has 1 aromatic rings. The second-order valence-electron chi connectivity index (χ2n) is 4.88. The highest BCUT2D eigenvalue weighted by Gasteiger charge is 2.21. The van der Waals surface area contributed by atoms with Crippen LogP contribution in [-0.4, -0.2) is 17.7 Å². The van der Waals surface area contributed by atoms with Crippen molar-refractivity contribution in [2.45, 2.75) is 62.3 Å². The van der Waals surface area contributed by atoms with Crippen LogP contribution in [0.4, 0.5) is 4.39 Å². The van der Waals surface area contributed by atoms with Crippen molar-refractivity contribution in [3.8, 4) is 0 Å². The van der Waals surface area contributed by atoms with E-state index in [-0.39, 0.29) is 11.7 Å². The van der Waals surface area contributed by atoms with Crippen molar-refractivity contribution in [2.75, 3.05) is 0 Å². The summed E-state index contributed by atoms with van der Waals surface area (Å²) >= 11 is 1.48. The van der Waals surface area contributed by atoms with Gasteiger partial charge in [-0.25, -0.2) is 4.39 Å². The van der Waals surface area contributed by atoms with Gasteiger partial charge in [0.1, 0.15) is 12.5 Å². The maximum atomic E-state index is 14.2. The molecular formula is C16H23FOS. The molecule has 0 saturated carbocycles. The van der Waals surface area contributed by atoms with Crippen molar-refractivity contribution in [3.05, 3.63) is 29.8 Å². The van der Waals surface area contributed by atoms with E-state index in [9.17, 15) is 9.18 Å². The van der Waals surface area contributed by atoms with Gasteiger partial charge in [-0.3, -0.25) is 0 Å². The van der Waals surface area contributed by atoms with Crippen LogP contribution in [-0.2, 0) is 4.79 Å². The lowest BCUT2D eigenvalue weighted by atomic mass is 10.1. The molecule has 0 aliphatic rings. The summed E-state index contributed by atoms with van der Waals surface area (Å²) in [5.41, 5.74) is 1.19. The van der Waals surface area contributed by atoms with E-state index in [1.807, 2.05) is 31.2 Å². The van der Waals surface area contributed by atoms with E-state index in [4.69, 9.17) is 0 Å². The normalized spacial score (nSPS) is 14.1. The number of carbonyl (C=O) groups is 1.